The quantitative estimate of drug-likeness (QED) is 0.877. The Labute approximate surface area is 166 Å². The zero-order valence-corrected chi connectivity index (χ0v) is 17.4. The number of aromatic nitrogens is 4. The number of rotatable bonds is 4. The van der Waals surface area contributed by atoms with E-state index in [1.54, 1.807) is 17.7 Å². The van der Waals surface area contributed by atoms with Gasteiger partial charge in [0.05, 0.1) is 11.4 Å². The minimum atomic E-state index is -0.657. The number of hydrogen-bond donors (Lipinski definition) is 1. The van der Waals surface area contributed by atoms with Crippen molar-refractivity contribution >= 4 is 5.91 Å². The molecule has 1 saturated carbocycles. The first-order chi connectivity index (χ1) is 13.4. The molecule has 0 bridgehead atoms. The lowest BCUT2D eigenvalue weighted by Gasteiger charge is -2.23. The van der Waals surface area contributed by atoms with Crippen LogP contribution in [0, 0.1) is 13.8 Å². The van der Waals surface area contributed by atoms with Crippen molar-refractivity contribution in [2.24, 2.45) is 7.05 Å². The summed E-state index contributed by atoms with van der Waals surface area (Å²) in [6.07, 6.45) is 8.06. The van der Waals surface area contributed by atoms with Gasteiger partial charge in [-0.2, -0.15) is 10.2 Å². The van der Waals surface area contributed by atoms with Gasteiger partial charge in [0.2, 0.25) is 5.91 Å². The maximum Gasteiger partial charge on any atom is 0.267 e. The van der Waals surface area contributed by atoms with E-state index in [0.717, 1.165) is 42.6 Å². The molecule has 1 fully saturated rings. The van der Waals surface area contributed by atoms with Gasteiger partial charge >= 0.3 is 0 Å². The van der Waals surface area contributed by atoms with Crippen LogP contribution in [0.3, 0.4) is 0 Å². The molecule has 1 aliphatic carbocycles. The summed E-state index contributed by atoms with van der Waals surface area (Å²) in [5, 5.41) is 12.1. The largest absolute Gasteiger partial charge is 0.352 e. The van der Waals surface area contributed by atoms with Crippen LogP contribution in [0.2, 0.25) is 0 Å². The van der Waals surface area contributed by atoms with Crippen LogP contribution < -0.4 is 10.9 Å². The molecule has 152 valence electrons. The average Bonchev–Trinajstić information content (AvgIpc) is 2.89. The van der Waals surface area contributed by atoms with Crippen molar-refractivity contribution < 1.29 is 4.79 Å². The maximum atomic E-state index is 12.8. The first kappa shape index (κ1) is 20.3. The van der Waals surface area contributed by atoms with Crippen LogP contribution in [0.25, 0.3) is 11.3 Å². The number of nitrogens with zero attached hydrogens (tertiary/aromatic N) is 4. The van der Waals surface area contributed by atoms with Gasteiger partial charge < -0.3 is 5.32 Å². The Morgan fingerprint density at radius 3 is 2.36 bits per heavy atom. The lowest BCUT2D eigenvalue weighted by Crippen LogP contribution is -2.42. The third kappa shape index (κ3) is 4.34. The molecule has 0 unspecified atom stereocenters. The molecule has 7 heteroatoms. The van der Waals surface area contributed by atoms with E-state index in [1.807, 2.05) is 20.9 Å². The van der Waals surface area contributed by atoms with Crippen molar-refractivity contribution in [2.75, 3.05) is 0 Å². The molecule has 0 radical (unpaired) electrons. The molecule has 1 atom stereocenters. The Morgan fingerprint density at radius 1 is 1.11 bits per heavy atom. The van der Waals surface area contributed by atoms with E-state index in [-0.39, 0.29) is 17.5 Å². The number of carbonyl (C=O) groups is 1. The second-order valence-electron chi connectivity index (χ2n) is 7.90. The van der Waals surface area contributed by atoms with Crippen molar-refractivity contribution in [3.05, 3.63) is 33.9 Å². The number of hydrogen-bond acceptors (Lipinski definition) is 4. The van der Waals surface area contributed by atoms with Crippen LogP contribution in [0.1, 0.15) is 69.3 Å². The van der Waals surface area contributed by atoms with E-state index in [0.29, 0.717) is 5.69 Å². The molecule has 0 aliphatic heterocycles. The molecular formula is C21H31N5O2. The average molecular weight is 386 g/mol. The van der Waals surface area contributed by atoms with Crippen LogP contribution in [-0.4, -0.2) is 31.5 Å². The molecule has 3 rings (SSSR count). The molecule has 0 spiro atoms. The first-order valence-electron chi connectivity index (χ1n) is 10.3. The predicted molar refractivity (Wildman–Crippen MR) is 109 cm³/mol. The van der Waals surface area contributed by atoms with E-state index in [2.05, 4.69) is 15.5 Å². The third-order valence-corrected chi connectivity index (χ3v) is 5.79. The Balaban J connectivity index is 1.82. The molecule has 28 heavy (non-hydrogen) atoms. The molecule has 0 saturated heterocycles. The topological polar surface area (TPSA) is 81.8 Å². The SMILES string of the molecule is Cc1nn(C)c(C)c1-c1ccc(=O)n([C@H](C)C(=O)NC2CCCCCCC2)n1. The second-order valence-corrected chi connectivity index (χ2v) is 7.90. The standard InChI is InChI=1S/C21H31N5O2/c1-14-20(15(2)25(4)23-14)18-12-13-19(27)26(24-18)16(3)21(28)22-17-10-8-6-5-7-9-11-17/h12-13,16-17H,5-11H2,1-4H3,(H,22,28)/t16-/m1/s1. The molecule has 1 N–H and O–H groups in total. The molecule has 2 heterocycles. The minimum absolute atomic E-state index is 0.142. The van der Waals surface area contributed by atoms with Crippen LogP contribution in [0.5, 0.6) is 0 Å². The summed E-state index contributed by atoms with van der Waals surface area (Å²) < 4.78 is 3.09. The number of nitrogens with one attached hydrogen (secondary N) is 1. The predicted octanol–water partition coefficient (Wildman–Crippen LogP) is 3.05. The summed E-state index contributed by atoms with van der Waals surface area (Å²) in [6.45, 7) is 5.63. The lowest BCUT2D eigenvalue weighted by molar-refractivity contribution is -0.125. The van der Waals surface area contributed by atoms with Gasteiger partial charge in [0.15, 0.2) is 0 Å². The fourth-order valence-electron chi connectivity index (χ4n) is 4.01. The molecule has 1 aliphatic rings. The summed E-state index contributed by atoms with van der Waals surface area (Å²) in [4.78, 5) is 25.2. The smallest absolute Gasteiger partial charge is 0.267 e. The van der Waals surface area contributed by atoms with E-state index in [1.165, 1.54) is 30.0 Å². The van der Waals surface area contributed by atoms with Crippen LogP contribution in [0.15, 0.2) is 16.9 Å². The Bertz CT molecular complexity index is 891. The van der Waals surface area contributed by atoms with Gasteiger partial charge in [-0.25, -0.2) is 4.68 Å². The summed E-state index contributed by atoms with van der Waals surface area (Å²) in [6, 6.07) is 2.72. The number of carbonyl (C=O) groups excluding carboxylic acids is 1. The van der Waals surface area contributed by atoms with Crippen LogP contribution >= 0.6 is 0 Å². The fourth-order valence-corrected chi connectivity index (χ4v) is 4.01. The van der Waals surface area contributed by atoms with Gasteiger partial charge in [-0.3, -0.25) is 14.3 Å². The zero-order chi connectivity index (χ0) is 20.3. The molecule has 2 aromatic heterocycles. The van der Waals surface area contributed by atoms with Crippen molar-refractivity contribution in [3.8, 4) is 11.3 Å². The lowest BCUT2D eigenvalue weighted by atomic mass is 9.96. The van der Waals surface area contributed by atoms with E-state index < -0.39 is 6.04 Å². The second kappa shape index (κ2) is 8.71. The summed E-state index contributed by atoms with van der Waals surface area (Å²) in [7, 11) is 1.88. The highest BCUT2D eigenvalue weighted by Gasteiger charge is 2.22. The van der Waals surface area contributed by atoms with Gasteiger partial charge in [0.25, 0.3) is 5.56 Å². The summed E-state index contributed by atoms with van der Waals surface area (Å²) in [5.74, 6) is -0.142. The number of aryl methyl sites for hydroxylation is 2. The Hall–Kier alpha value is -2.44. The van der Waals surface area contributed by atoms with Gasteiger partial charge in [-0.05, 0) is 39.7 Å². The highest BCUT2D eigenvalue weighted by atomic mass is 16.2. The van der Waals surface area contributed by atoms with E-state index in [9.17, 15) is 9.59 Å². The molecule has 1 amide bonds. The van der Waals surface area contributed by atoms with E-state index in [4.69, 9.17) is 0 Å². The molecule has 7 nitrogen and oxygen atoms in total. The highest BCUT2D eigenvalue weighted by molar-refractivity contribution is 5.80. The Morgan fingerprint density at radius 2 is 1.75 bits per heavy atom. The van der Waals surface area contributed by atoms with E-state index >= 15 is 0 Å². The van der Waals surface area contributed by atoms with Crippen molar-refractivity contribution in [1.82, 2.24) is 24.9 Å². The zero-order valence-electron chi connectivity index (χ0n) is 17.4. The van der Waals surface area contributed by atoms with Gasteiger partial charge in [-0.15, -0.1) is 0 Å². The van der Waals surface area contributed by atoms with Crippen LogP contribution in [-0.2, 0) is 11.8 Å². The maximum absolute atomic E-state index is 12.8. The molecular weight excluding hydrogens is 354 g/mol. The fraction of sp³-hybridized carbons (Fsp3) is 0.619. The monoisotopic (exact) mass is 385 g/mol. The Kier molecular flexibility index (Phi) is 6.31. The van der Waals surface area contributed by atoms with Gasteiger partial charge in [-0.1, -0.05) is 32.1 Å². The first-order valence-corrected chi connectivity index (χ1v) is 10.3. The molecule has 2 aromatic rings. The third-order valence-electron chi connectivity index (χ3n) is 5.79. The summed E-state index contributed by atoms with van der Waals surface area (Å²) >= 11 is 0. The highest BCUT2D eigenvalue weighted by Crippen LogP contribution is 2.24. The van der Waals surface area contributed by atoms with Gasteiger partial charge in [0.1, 0.15) is 6.04 Å². The summed E-state index contributed by atoms with van der Waals surface area (Å²) in [5.41, 5.74) is 3.12. The van der Waals surface area contributed by atoms with Gasteiger partial charge in [0, 0.05) is 30.4 Å². The van der Waals surface area contributed by atoms with Crippen molar-refractivity contribution in [3.63, 3.8) is 0 Å². The van der Waals surface area contributed by atoms with Crippen LogP contribution in [0.4, 0.5) is 0 Å². The normalized spacial score (nSPS) is 17.0. The van der Waals surface area contributed by atoms with Crippen molar-refractivity contribution in [1.29, 1.82) is 0 Å². The number of amides is 1. The van der Waals surface area contributed by atoms with Crippen molar-refractivity contribution in [2.45, 2.75) is 77.8 Å². The molecule has 0 aromatic carbocycles. The minimum Gasteiger partial charge on any atom is -0.352 e.